The molecule has 0 aliphatic carbocycles. The molecule has 0 saturated carbocycles. The Balaban J connectivity index is 1.49. The second-order valence-corrected chi connectivity index (χ2v) is 7.56. The molecule has 1 aromatic carbocycles. The molecule has 4 rings (SSSR count). The standard InChI is InChI=1S/C23H22ClN3O/c24-21-10-2-1-6-17(21)14-20-9-3-11-22(26-20)19-8-5-13-27(16-19)23(28)18-7-4-12-25-15-18/h1-4,6-7,9-12,15,19H,5,8,13-14,16H2/t19-/m0/s1. The minimum absolute atomic E-state index is 0.0463. The van der Waals surface area contributed by atoms with E-state index in [1.165, 1.54) is 0 Å². The number of likely N-dealkylation sites (tertiary alicyclic amines) is 1. The van der Waals surface area contributed by atoms with Gasteiger partial charge in [0.05, 0.1) is 5.56 Å². The molecule has 142 valence electrons. The maximum atomic E-state index is 12.8. The SMILES string of the molecule is O=C(c1cccnc1)N1CCC[C@H](c2cccc(Cc3ccccc3Cl)n2)C1. The van der Waals surface area contributed by atoms with E-state index < -0.39 is 0 Å². The van der Waals surface area contributed by atoms with Crippen LogP contribution in [0.25, 0.3) is 0 Å². The van der Waals surface area contributed by atoms with Gasteiger partial charge in [-0.25, -0.2) is 0 Å². The van der Waals surface area contributed by atoms with Gasteiger partial charge in [0.2, 0.25) is 0 Å². The van der Waals surface area contributed by atoms with Crippen molar-refractivity contribution in [1.29, 1.82) is 0 Å². The van der Waals surface area contributed by atoms with E-state index in [4.69, 9.17) is 16.6 Å². The van der Waals surface area contributed by atoms with Crippen molar-refractivity contribution in [2.45, 2.75) is 25.2 Å². The number of rotatable bonds is 4. The maximum absolute atomic E-state index is 12.8. The summed E-state index contributed by atoms with van der Waals surface area (Å²) in [5.41, 5.74) is 3.77. The van der Waals surface area contributed by atoms with Gasteiger partial charge in [-0.3, -0.25) is 14.8 Å². The van der Waals surface area contributed by atoms with E-state index in [0.29, 0.717) is 18.5 Å². The average Bonchev–Trinajstić information content (AvgIpc) is 2.76. The fraction of sp³-hybridized carbons (Fsp3) is 0.261. The van der Waals surface area contributed by atoms with Gasteiger partial charge >= 0.3 is 0 Å². The average molecular weight is 392 g/mol. The van der Waals surface area contributed by atoms with Crippen LogP contribution in [0.4, 0.5) is 0 Å². The molecule has 4 nitrogen and oxygen atoms in total. The number of hydrogen-bond donors (Lipinski definition) is 0. The predicted octanol–water partition coefficient (Wildman–Crippen LogP) is 4.74. The van der Waals surface area contributed by atoms with Crippen LogP contribution < -0.4 is 0 Å². The summed E-state index contributed by atoms with van der Waals surface area (Å²) in [6.07, 6.45) is 6.05. The summed E-state index contributed by atoms with van der Waals surface area (Å²) in [5, 5.41) is 0.764. The smallest absolute Gasteiger partial charge is 0.255 e. The molecule has 2 aromatic heterocycles. The summed E-state index contributed by atoms with van der Waals surface area (Å²) in [7, 11) is 0. The fourth-order valence-corrected chi connectivity index (χ4v) is 3.94. The van der Waals surface area contributed by atoms with Crippen LogP contribution in [0.1, 0.15) is 46.1 Å². The molecular formula is C23H22ClN3O. The molecule has 1 amide bonds. The molecular weight excluding hydrogens is 370 g/mol. The van der Waals surface area contributed by atoms with Gasteiger partial charge in [-0.2, -0.15) is 0 Å². The van der Waals surface area contributed by atoms with E-state index >= 15 is 0 Å². The molecule has 0 spiro atoms. The second-order valence-electron chi connectivity index (χ2n) is 7.15. The highest BCUT2D eigenvalue weighted by Gasteiger charge is 2.26. The lowest BCUT2D eigenvalue weighted by atomic mass is 9.93. The van der Waals surface area contributed by atoms with E-state index in [2.05, 4.69) is 17.1 Å². The molecule has 0 unspecified atom stereocenters. The molecule has 0 N–H and O–H groups in total. The highest BCUT2D eigenvalue weighted by atomic mass is 35.5. The van der Waals surface area contributed by atoms with Crippen molar-refractivity contribution in [3.8, 4) is 0 Å². The fourth-order valence-electron chi connectivity index (χ4n) is 3.74. The Hall–Kier alpha value is -2.72. The Morgan fingerprint density at radius 2 is 2.00 bits per heavy atom. The van der Waals surface area contributed by atoms with E-state index in [9.17, 15) is 4.79 Å². The lowest BCUT2D eigenvalue weighted by Gasteiger charge is -2.32. The van der Waals surface area contributed by atoms with Crippen LogP contribution in [-0.2, 0) is 6.42 Å². The van der Waals surface area contributed by atoms with Gasteiger partial charge in [-0.05, 0) is 48.7 Å². The minimum Gasteiger partial charge on any atom is -0.338 e. The number of carbonyl (C=O) groups is 1. The van der Waals surface area contributed by atoms with Gasteiger partial charge in [0.1, 0.15) is 0 Å². The first-order chi connectivity index (χ1) is 13.7. The zero-order valence-corrected chi connectivity index (χ0v) is 16.3. The van der Waals surface area contributed by atoms with Crippen molar-refractivity contribution in [1.82, 2.24) is 14.9 Å². The van der Waals surface area contributed by atoms with Gasteiger partial charge < -0.3 is 4.90 Å². The third kappa shape index (κ3) is 4.23. The zero-order valence-electron chi connectivity index (χ0n) is 15.6. The molecule has 5 heteroatoms. The highest BCUT2D eigenvalue weighted by Crippen LogP contribution is 2.27. The summed E-state index contributed by atoms with van der Waals surface area (Å²) in [4.78, 5) is 23.7. The predicted molar refractivity (Wildman–Crippen MR) is 111 cm³/mol. The van der Waals surface area contributed by atoms with Gasteiger partial charge in [0.15, 0.2) is 0 Å². The summed E-state index contributed by atoms with van der Waals surface area (Å²) in [6.45, 7) is 1.47. The number of benzene rings is 1. The van der Waals surface area contributed by atoms with Crippen molar-refractivity contribution >= 4 is 17.5 Å². The second kappa shape index (κ2) is 8.53. The number of aromatic nitrogens is 2. The Bertz CT molecular complexity index is 961. The maximum Gasteiger partial charge on any atom is 0.255 e. The highest BCUT2D eigenvalue weighted by molar-refractivity contribution is 6.31. The molecule has 0 radical (unpaired) electrons. The van der Waals surface area contributed by atoms with E-state index in [0.717, 1.165) is 41.4 Å². The Morgan fingerprint density at radius 3 is 2.82 bits per heavy atom. The van der Waals surface area contributed by atoms with E-state index in [1.54, 1.807) is 18.5 Å². The number of nitrogens with zero attached hydrogens (tertiary/aromatic N) is 3. The first-order valence-corrected chi connectivity index (χ1v) is 9.97. The van der Waals surface area contributed by atoms with Crippen molar-refractivity contribution in [2.75, 3.05) is 13.1 Å². The molecule has 1 saturated heterocycles. The lowest BCUT2D eigenvalue weighted by Crippen LogP contribution is -2.39. The molecule has 0 bridgehead atoms. The number of halogens is 1. The third-order valence-electron chi connectivity index (χ3n) is 5.19. The minimum atomic E-state index is 0.0463. The first-order valence-electron chi connectivity index (χ1n) is 9.59. The third-order valence-corrected chi connectivity index (χ3v) is 5.56. The summed E-state index contributed by atoms with van der Waals surface area (Å²) >= 11 is 6.30. The van der Waals surface area contributed by atoms with Crippen molar-refractivity contribution in [3.05, 3.63) is 94.5 Å². The van der Waals surface area contributed by atoms with Gasteiger partial charge in [0, 0.05) is 54.2 Å². The molecule has 1 fully saturated rings. The Labute approximate surface area is 170 Å². The van der Waals surface area contributed by atoms with Crippen molar-refractivity contribution in [3.63, 3.8) is 0 Å². The summed E-state index contributed by atoms with van der Waals surface area (Å²) in [5.74, 6) is 0.297. The lowest BCUT2D eigenvalue weighted by molar-refractivity contribution is 0.0705. The quantitative estimate of drug-likeness (QED) is 0.645. The molecule has 3 heterocycles. The van der Waals surface area contributed by atoms with E-state index in [-0.39, 0.29) is 11.8 Å². The number of hydrogen-bond acceptors (Lipinski definition) is 3. The van der Waals surface area contributed by atoms with Crippen LogP contribution in [0.5, 0.6) is 0 Å². The van der Waals surface area contributed by atoms with Crippen LogP contribution in [-0.4, -0.2) is 33.9 Å². The number of carbonyl (C=O) groups excluding carboxylic acids is 1. The van der Waals surface area contributed by atoms with Gasteiger partial charge in [-0.15, -0.1) is 0 Å². The molecule has 3 aromatic rings. The van der Waals surface area contributed by atoms with Crippen LogP contribution in [0.3, 0.4) is 0 Å². The number of piperidine rings is 1. The largest absolute Gasteiger partial charge is 0.338 e. The van der Waals surface area contributed by atoms with E-state index in [1.807, 2.05) is 41.3 Å². The Kier molecular flexibility index (Phi) is 5.68. The molecule has 1 aliphatic heterocycles. The van der Waals surface area contributed by atoms with Crippen LogP contribution in [0.15, 0.2) is 67.0 Å². The van der Waals surface area contributed by atoms with Crippen LogP contribution in [0, 0.1) is 0 Å². The first kappa shape index (κ1) is 18.6. The van der Waals surface area contributed by atoms with Gasteiger partial charge in [0.25, 0.3) is 5.91 Å². The molecule has 1 atom stereocenters. The molecule has 28 heavy (non-hydrogen) atoms. The van der Waals surface area contributed by atoms with Gasteiger partial charge in [-0.1, -0.05) is 35.9 Å². The van der Waals surface area contributed by atoms with Crippen LogP contribution >= 0.6 is 11.6 Å². The normalized spacial score (nSPS) is 16.8. The summed E-state index contributed by atoms with van der Waals surface area (Å²) in [6, 6.07) is 17.6. The van der Waals surface area contributed by atoms with Crippen molar-refractivity contribution in [2.24, 2.45) is 0 Å². The zero-order chi connectivity index (χ0) is 19.3. The number of pyridine rings is 2. The monoisotopic (exact) mass is 391 g/mol. The Morgan fingerprint density at radius 1 is 1.11 bits per heavy atom. The topological polar surface area (TPSA) is 46.1 Å². The van der Waals surface area contributed by atoms with Crippen molar-refractivity contribution < 1.29 is 4.79 Å². The number of amides is 1. The molecule has 1 aliphatic rings. The summed E-state index contributed by atoms with van der Waals surface area (Å²) < 4.78 is 0. The van der Waals surface area contributed by atoms with Crippen LogP contribution in [0.2, 0.25) is 5.02 Å².